The van der Waals surface area contributed by atoms with Crippen LogP contribution in [0.3, 0.4) is 0 Å². The predicted molar refractivity (Wildman–Crippen MR) is 221 cm³/mol. The van der Waals surface area contributed by atoms with Crippen LogP contribution in [0.4, 0.5) is 0 Å². The molecule has 10 rings (SSSR count). The van der Waals surface area contributed by atoms with Crippen molar-refractivity contribution in [2.24, 2.45) is 0 Å². The second kappa shape index (κ2) is 12.9. The van der Waals surface area contributed by atoms with Crippen molar-refractivity contribution in [1.29, 1.82) is 0 Å². The second-order valence-electron chi connectivity index (χ2n) is 13.4. The van der Waals surface area contributed by atoms with Gasteiger partial charge in [0, 0.05) is 11.1 Å². The van der Waals surface area contributed by atoms with E-state index in [0.717, 1.165) is 39.3 Å². The van der Waals surface area contributed by atoms with Crippen LogP contribution >= 0.6 is 0 Å². The van der Waals surface area contributed by atoms with Crippen molar-refractivity contribution in [2.45, 2.75) is 0 Å². The van der Waals surface area contributed by atoms with E-state index in [9.17, 15) is 0 Å². The number of hydrogen-bond donors (Lipinski definition) is 0. The fourth-order valence-electron chi connectivity index (χ4n) is 7.93. The molecule has 0 unspecified atom stereocenters. The van der Waals surface area contributed by atoms with Gasteiger partial charge in [0.2, 0.25) is 0 Å². The van der Waals surface area contributed by atoms with Crippen molar-refractivity contribution in [2.75, 3.05) is 0 Å². The number of fused-ring (bicyclic) bond motifs is 3. The van der Waals surface area contributed by atoms with E-state index in [1.54, 1.807) is 0 Å². The molecule has 0 saturated carbocycles. The van der Waals surface area contributed by atoms with Crippen LogP contribution < -0.4 is 0 Å². The molecule has 9 aromatic carbocycles. The van der Waals surface area contributed by atoms with Gasteiger partial charge >= 0.3 is 0 Å². The molecule has 0 fully saturated rings. The van der Waals surface area contributed by atoms with Crippen LogP contribution in [-0.4, -0.2) is 15.0 Å². The van der Waals surface area contributed by atoms with Crippen LogP contribution in [0.2, 0.25) is 0 Å². The van der Waals surface area contributed by atoms with Crippen molar-refractivity contribution in [3.63, 3.8) is 0 Å². The van der Waals surface area contributed by atoms with Gasteiger partial charge in [0.15, 0.2) is 0 Å². The summed E-state index contributed by atoms with van der Waals surface area (Å²) in [5.41, 5.74) is 12.1. The van der Waals surface area contributed by atoms with Crippen LogP contribution in [0.15, 0.2) is 200 Å². The molecular weight excluding hydrogens is 643 g/mol. The highest BCUT2D eigenvalue weighted by atomic mass is 15.4. The first-order chi connectivity index (χ1) is 26.3. The number of benzene rings is 9. The molecule has 0 atom stereocenters. The summed E-state index contributed by atoms with van der Waals surface area (Å²) in [5, 5.41) is 16.9. The van der Waals surface area contributed by atoms with Gasteiger partial charge in [-0.25, -0.2) is 4.68 Å². The molecule has 10 aromatic rings. The molecule has 0 N–H and O–H groups in total. The van der Waals surface area contributed by atoms with Crippen molar-refractivity contribution in [3.05, 3.63) is 200 Å². The summed E-state index contributed by atoms with van der Waals surface area (Å²) >= 11 is 0. The molecule has 0 aliphatic heterocycles. The Balaban J connectivity index is 1.21. The summed E-state index contributed by atoms with van der Waals surface area (Å²) in [6.45, 7) is 0. The van der Waals surface area contributed by atoms with Gasteiger partial charge in [-0.3, -0.25) is 0 Å². The third kappa shape index (κ3) is 5.30. The number of aromatic nitrogens is 3. The Hall–Kier alpha value is -7.10. The van der Waals surface area contributed by atoms with Crippen LogP contribution in [0, 0.1) is 0 Å². The van der Waals surface area contributed by atoms with E-state index in [1.165, 1.54) is 54.6 Å². The average molecular weight is 676 g/mol. The molecule has 248 valence electrons. The summed E-state index contributed by atoms with van der Waals surface area (Å²) in [7, 11) is 0. The smallest absolute Gasteiger partial charge is 0.121 e. The molecule has 3 heteroatoms. The quantitative estimate of drug-likeness (QED) is 0.164. The Kier molecular flexibility index (Phi) is 7.47. The van der Waals surface area contributed by atoms with Crippen LogP contribution in [0.5, 0.6) is 0 Å². The van der Waals surface area contributed by atoms with E-state index in [0.29, 0.717) is 0 Å². The zero-order valence-electron chi connectivity index (χ0n) is 28.9. The highest BCUT2D eigenvalue weighted by Gasteiger charge is 2.20. The highest BCUT2D eigenvalue weighted by Crippen LogP contribution is 2.46. The lowest BCUT2D eigenvalue weighted by atomic mass is 9.84. The van der Waals surface area contributed by atoms with Crippen LogP contribution in [0.1, 0.15) is 0 Å². The van der Waals surface area contributed by atoms with Crippen molar-refractivity contribution >= 4 is 32.3 Å². The van der Waals surface area contributed by atoms with Gasteiger partial charge in [-0.15, -0.1) is 5.10 Å². The standard InChI is InChI=1S/C50H33N3/c1-4-17-35(18-5-1)47-43-27-12-13-28-44(43)48(42-29-15-23-34-16-10-11-26-41(34)42)45-31-30-39(33-46(45)47)38-24-14-25-40(32-38)53-50(37-21-8-3-9-22-37)49(51-52-53)36-19-6-2-7-20-36/h1-33H. The molecule has 3 nitrogen and oxygen atoms in total. The lowest BCUT2D eigenvalue weighted by Crippen LogP contribution is -2.00. The van der Waals surface area contributed by atoms with E-state index >= 15 is 0 Å². The molecule has 0 bridgehead atoms. The molecular formula is C50H33N3. The summed E-state index contributed by atoms with van der Waals surface area (Å²) in [5.74, 6) is 0. The fourth-order valence-corrected chi connectivity index (χ4v) is 7.93. The number of rotatable bonds is 6. The molecule has 0 spiro atoms. The predicted octanol–water partition coefficient (Wildman–Crippen LogP) is 13.1. The second-order valence-corrected chi connectivity index (χ2v) is 13.4. The Morgan fingerprint density at radius 1 is 0.340 bits per heavy atom. The minimum Gasteiger partial charge on any atom is -0.212 e. The first kappa shape index (κ1) is 30.7. The summed E-state index contributed by atoms with van der Waals surface area (Å²) in [6.07, 6.45) is 0. The van der Waals surface area contributed by atoms with E-state index in [4.69, 9.17) is 10.3 Å². The topological polar surface area (TPSA) is 30.7 Å². The van der Waals surface area contributed by atoms with Gasteiger partial charge in [0.05, 0.1) is 5.69 Å². The van der Waals surface area contributed by atoms with E-state index in [2.05, 4.69) is 176 Å². The average Bonchev–Trinajstić information content (AvgIpc) is 3.69. The maximum absolute atomic E-state index is 4.75. The van der Waals surface area contributed by atoms with Gasteiger partial charge < -0.3 is 0 Å². The largest absolute Gasteiger partial charge is 0.212 e. The third-order valence-electron chi connectivity index (χ3n) is 10.3. The molecule has 0 aliphatic rings. The first-order valence-corrected chi connectivity index (χ1v) is 18.0. The molecule has 0 amide bonds. The maximum Gasteiger partial charge on any atom is 0.121 e. The third-order valence-corrected chi connectivity index (χ3v) is 10.3. The molecule has 0 radical (unpaired) electrons. The number of hydrogen-bond acceptors (Lipinski definition) is 2. The zero-order valence-corrected chi connectivity index (χ0v) is 28.9. The van der Waals surface area contributed by atoms with Crippen LogP contribution in [0.25, 0.3) is 93.9 Å². The van der Waals surface area contributed by atoms with E-state index in [1.807, 2.05) is 28.9 Å². The lowest BCUT2D eigenvalue weighted by molar-refractivity contribution is 0.809. The SMILES string of the molecule is c1ccc(-c2nnn(-c3cccc(-c4ccc5c(-c6cccc7ccccc67)c6ccccc6c(-c6ccccc6)c5c4)c3)c2-c2ccccc2)cc1. The molecule has 0 saturated heterocycles. The summed E-state index contributed by atoms with van der Waals surface area (Å²) < 4.78 is 1.98. The van der Waals surface area contributed by atoms with Gasteiger partial charge in [0.25, 0.3) is 0 Å². The molecule has 0 aliphatic carbocycles. The molecule has 1 aromatic heterocycles. The van der Waals surface area contributed by atoms with Gasteiger partial charge in [-0.2, -0.15) is 0 Å². The highest BCUT2D eigenvalue weighted by molar-refractivity contribution is 6.24. The van der Waals surface area contributed by atoms with Gasteiger partial charge in [-0.1, -0.05) is 187 Å². The Morgan fingerprint density at radius 2 is 0.887 bits per heavy atom. The van der Waals surface area contributed by atoms with Gasteiger partial charge in [-0.05, 0) is 83.9 Å². The minimum absolute atomic E-state index is 0.855. The Morgan fingerprint density at radius 3 is 1.64 bits per heavy atom. The zero-order chi connectivity index (χ0) is 35.1. The summed E-state index contributed by atoms with van der Waals surface area (Å²) in [4.78, 5) is 0. The fraction of sp³-hybridized carbons (Fsp3) is 0. The van der Waals surface area contributed by atoms with Crippen LogP contribution in [-0.2, 0) is 0 Å². The first-order valence-electron chi connectivity index (χ1n) is 18.0. The summed E-state index contributed by atoms with van der Waals surface area (Å²) in [6, 6.07) is 71.4. The Labute approximate surface area is 308 Å². The minimum atomic E-state index is 0.855. The Bertz CT molecular complexity index is 2920. The maximum atomic E-state index is 4.75. The van der Waals surface area contributed by atoms with Crippen molar-refractivity contribution in [1.82, 2.24) is 15.0 Å². The van der Waals surface area contributed by atoms with Gasteiger partial charge in [0.1, 0.15) is 11.4 Å². The monoisotopic (exact) mass is 675 g/mol. The van der Waals surface area contributed by atoms with E-state index < -0.39 is 0 Å². The van der Waals surface area contributed by atoms with Crippen molar-refractivity contribution < 1.29 is 0 Å². The van der Waals surface area contributed by atoms with Crippen molar-refractivity contribution in [3.8, 4) is 61.6 Å². The molecule has 53 heavy (non-hydrogen) atoms. The lowest BCUT2D eigenvalue weighted by Gasteiger charge is -2.20. The number of nitrogens with zero attached hydrogens (tertiary/aromatic N) is 3. The molecule has 1 heterocycles. The van der Waals surface area contributed by atoms with E-state index in [-0.39, 0.29) is 0 Å². The normalized spacial score (nSPS) is 11.4.